The van der Waals surface area contributed by atoms with E-state index in [1.807, 2.05) is 6.92 Å². The van der Waals surface area contributed by atoms with Gasteiger partial charge in [-0.05, 0) is 84.7 Å². The number of ether oxygens (including phenoxy) is 6. The van der Waals surface area contributed by atoms with Gasteiger partial charge in [0.25, 0.3) is 0 Å². The molecule has 218 valence electrons. The van der Waals surface area contributed by atoms with E-state index >= 15 is 0 Å². The van der Waals surface area contributed by atoms with E-state index in [4.69, 9.17) is 62.8 Å². The van der Waals surface area contributed by atoms with Gasteiger partial charge in [0.05, 0.1) is 19.8 Å². The van der Waals surface area contributed by atoms with Gasteiger partial charge in [-0.25, -0.2) is 0 Å². The molecule has 0 aliphatic rings. The molecule has 0 aromatic carbocycles. The molecule has 3 unspecified atom stereocenters. The van der Waals surface area contributed by atoms with Crippen LogP contribution in [0.4, 0.5) is 0 Å². The Kier molecular flexibility index (Phi) is 24.5. The standard InChI is InChI=1S/C24H56N6O6/c1-21(32-15-3-9-26)24(35-18-6-12-29,36-19-7-13-30)23(34-17-5-11-28)22(33-16-4-10-27)20-31-14-2-8-25/h21-23H,2-20,25-30H2,1H3. The maximum absolute atomic E-state index is 6.48. The SMILES string of the molecule is CC(OCCCN)C(OCCCN)(OCCCN)C(OCCCN)C(COCCCN)OCCCN. The highest BCUT2D eigenvalue weighted by Gasteiger charge is 2.52. The lowest BCUT2D eigenvalue weighted by Crippen LogP contribution is -2.63. The Morgan fingerprint density at radius 3 is 1.44 bits per heavy atom. The van der Waals surface area contributed by atoms with Crippen molar-refractivity contribution >= 4 is 0 Å². The van der Waals surface area contributed by atoms with E-state index in [2.05, 4.69) is 0 Å². The molecular weight excluding hydrogens is 468 g/mol. The van der Waals surface area contributed by atoms with Crippen LogP contribution in [0.2, 0.25) is 0 Å². The van der Waals surface area contributed by atoms with E-state index in [1.54, 1.807) is 0 Å². The van der Waals surface area contributed by atoms with Crippen molar-refractivity contribution in [1.29, 1.82) is 0 Å². The molecule has 12 nitrogen and oxygen atoms in total. The van der Waals surface area contributed by atoms with Gasteiger partial charge in [-0.3, -0.25) is 0 Å². The molecule has 0 rings (SSSR count). The van der Waals surface area contributed by atoms with Crippen LogP contribution in [0.5, 0.6) is 0 Å². The summed E-state index contributed by atoms with van der Waals surface area (Å²) in [5.41, 5.74) is 34.4. The van der Waals surface area contributed by atoms with Gasteiger partial charge in [-0.1, -0.05) is 0 Å². The summed E-state index contributed by atoms with van der Waals surface area (Å²) in [6.45, 7) is 7.61. The monoisotopic (exact) mass is 524 g/mol. The highest BCUT2D eigenvalue weighted by atomic mass is 16.7. The fourth-order valence-electron chi connectivity index (χ4n) is 3.46. The zero-order valence-electron chi connectivity index (χ0n) is 22.6. The molecule has 0 saturated heterocycles. The Balaban J connectivity index is 6.26. The smallest absolute Gasteiger partial charge is 0.224 e. The molecular formula is C24H56N6O6. The fourth-order valence-corrected chi connectivity index (χ4v) is 3.46. The van der Waals surface area contributed by atoms with Crippen LogP contribution in [-0.4, -0.2) is 110 Å². The fraction of sp³-hybridized carbons (Fsp3) is 1.00. The molecule has 0 spiro atoms. The van der Waals surface area contributed by atoms with Crippen molar-refractivity contribution in [2.24, 2.45) is 34.4 Å². The molecule has 0 aromatic heterocycles. The first-order valence-corrected chi connectivity index (χ1v) is 13.5. The second kappa shape index (κ2) is 24.8. The zero-order chi connectivity index (χ0) is 26.9. The number of hydrogen-bond donors (Lipinski definition) is 6. The van der Waals surface area contributed by atoms with Crippen LogP contribution in [0.15, 0.2) is 0 Å². The van der Waals surface area contributed by atoms with E-state index in [1.165, 1.54) is 0 Å². The highest BCUT2D eigenvalue weighted by molar-refractivity contribution is 4.93. The second-order valence-electron chi connectivity index (χ2n) is 8.56. The van der Waals surface area contributed by atoms with Gasteiger partial charge in [-0.15, -0.1) is 0 Å². The lowest BCUT2D eigenvalue weighted by Gasteiger charge is -2.46. The minimum Gasteiger partial charge on any atom is -0.379 e. The summed E-state index contributed by atoms with van der Waals surface area (Å²) in [5, 5.41) is 0. The lowest BCUT2D eigenvalue weighted by molar-refractivity contribution is -0.349. The molecule has 12 heteroatoms. The summed E-state index contributed by atoms with van der Waals surface area (Å²) in [6.07, 6.45) is 2.31. The van der Waals surface area contributed by atoms with Gasteiger partial charge in [0, 0.05) is 26.4 Å². The van der Waals surface area contributed by atoms with E-state index in [0.29, 0.717) is 111 Å². The van der Waals surface area contributed by atoms with E-state index in [9.17, 15) is 0 Å². The van der Waals surface area contributed by atoms with Gasteiger partial charge in [0.1, 0.15) is 18.3 Å². The van der Waals surface area contributed by atoms with Crippen LogP contribution in [0.25, 0.3) is 0 Å². The third-order valence-electron chi connectivity index (χ3n) is 5.47. The summed E-state index contributed by atoms with van der Waals surface area (Å²) in [7, 11) is 0. The van der Waals surface area contributed by atoms with Gasteiger partial charge < -0.3 is 62.8 Å². The largest absolute Gasteiger partial charge is 0.379 e. The molecule has 0 fully saturated rings. The summed E-state index contributed by atoms with van der Waals surface area (Å²) < 4.78 is 37.8. The van der Waals surface area contributed by atoms with E-state index in [0.717, 1.165) is 6.42 Å². The minimum atomic E-state index is -1.31. The molecule has 0 radical (unpaired) electrons. The zero-order valence-corrected chi connectivity index (χ0v) is 22.6. The predicted octanol–water partition coefficient (Wildman–Crippen LogP) is -0.999. The van der Waals surface area contributed by atoms with Crippen molar-refractivity contribution in [3.05, 3.63) is 0 Å². The van der Waals surface area contributed by atoms with Crippen molar-refractivity contribution in [2.75, 3.05) is 85.5 Å². The average Bonchev–Trinajstić information content (AvgIpc) is 2.88. The third-order valence-corrected chi connectivity index (χ3v) is 5.47. The van der Waals surface area contributed by atoms with Crippen LogP contribution >= 0.6 is 0 Å². The van der Waals surface area contributed by atoms with Crippen molar-refractivity contribution in [1.82, 2.24) is 0 Å². The first kappa shape index (κ1) is 35.5. The van der Waals surface area contributed by atoms with Crippen molar-refractivity contribution < 1.29 is 28.4 Å². The molecule has 0 bridgehead atoms. The number of rotatable bonds is 28. The Labute approximate surface area is 218 Å². The van der Waals surface area contributed by atoms with E-state index in [-0.39, 0.29) is 6.61 Å². The summed E-state index contributed by atoms with van der Waals surface area (Å²) in [5.74, 6) is -1.31. The summed E-state index contributed by atoms with van der Waals surface area (Å²) in [6, 6.07) is 0. The maximum atomic E-state index is 6.48. The molecule has 36 heavy (non-hydrogen) atoms. The van der Waals surface area contributed by atoms with Gasteiger partial charge in [-0.2, -0.15) is 0 Å². The molecule has 0 heterocycles. The van der Waals surface area contributed by atoms with Crippen molar-refractivity contribution in [3.8, 4) is 0 Å². The van der Waals surface area contributed by atoms with Gasteiger partial charge >= 0.3 is 0 Å². The number of nitrogens with two attached hydrogens (primary N) is 6. The van der Waals surface area contributed by atoms with Gasteiger partial charge in [0.2, 0.25) is 5.79 Å². The quantitative estimate of drug-likeness (QED) is 0.0537. The minimum absolute atomic E-state index is 0.260. The second-order valence-corrected chi connectivity index (χ2v) is 8.56. The first-order chi connectivity index (χ1) is 17.6. The van der Waals surface area contributed by atoms with Crippen LogP contribution < -0.4 is 34.4 Å². The van der Waals surface area contributed by atoms with Crippen LogP contribution in [-0.2, 0) is 28.4 Å². The van der Waals surface area contributed by atoms with Crippen LogP contribution in [0.3, 0.4) is 0 Å². The topological polar surface area (TPSA) is 212 Å². The van der Waals surface area contributed by atoms with Crippen LogP contribution in [0, 0.1) is 0 Å². The predicted molar refractivity (Wildman–Crippen MR) is 142 cm³/mol. The number of hydrogen-bond acceptors (Lipinski definition) is 12. The summed E-state index contributed by atoms with van der Waals surface area (Å²) in [4.78, 5) is 0. The van der Waals surface area contributed by atoms with Crippen LogP contribution in [0.1, 0.15) is 45.4 Å². The molecule has 0 aliphatic carbocycles. The molecule has 0 saturated carbocycles. The first-order valence-electron chi connectivity index (χ1n) is 13.5. The normalized spacial score (nSPS) is 14.8. The van der Waals surface area contributed by atoms with Crippen molar-refractivity contribution in [2.45, 2.75) is 69.5 Å². The maximum Gasteiger partial charge on any atom is 0.224 e. The Morgan fingerprint density at radius 1 is 0.528 bits per heavy atom. The average molecular weight is 525 g/mol. The highest BCUT2D eigenvalue weighted by Crippen LogP contribution is 2.32. The Morgan fingerprint density at radius 2 is 0.944 bits per heavy atom. The van der Waals surface area contributed by atoms with Crippen molar-refractivity contribution in [3.63, 3.8) is 0 Å². The Bertz CT molecular complexity index is 459. The molecule has 0 aliphatic heterocycles. The third kappa shape index (κ3) is 15.1. The molecule has 12 N–H and O–H groups in total. The summed E-state index contributed by atoms with van der Waals surface area (Å²) >= 11 is 0. The molecule has 0 aromatic rings. The molecule has 0 amide bonds. The van der Waals surface area contributed by atoms with Gasteiger partial charge in [0.15, 0.2) is 0 Å². The molecule has 3 atom stereocenters. The van der Waals surface area contributed by atoms with E-state index < -0.39 is 24.1 Å². The lowest BCUT2D eigenvalue weighted by atomic mass is 9.97. The Hall–Kier alpha value is -0.480.